The highest BCUT2D eigenvalue weighted by Gasteiger charge is 2.42. The summed E-state index contributed by atoms with van der Waals surface area (Å²) in [5.41, 5.74) is 1.66. The van der Waals surface area contributed by atoms with E-state index >= 15 is 0 Å². The van der Waals surface area contributed by atoms with Crippen molar-refractivity contribution < 1.29 is 13.9 Å². The molecule has 0 saturated carbocycles. The van der Waals surface area contributed by atoms with E-state index in [-0.39, 0.29) is 17.6 Å². The van der Waals surface area contributed by atoms with Gasteiger partial charge in [-0.05, 0) is 60.2 Å². The first-order chi connectivity index (χ1) is 15.6. The third-order valence-corrected chi connectivity index (χ3v) is 6.96. The lowest BCUT2D eigenvalue weighted by molar-refractivity contribution is -0.0764. The minimum absolute atomic E-state index is 0.0251. The second-order valence-corrected chi connectivity index (χ2v) is 9.10. The highest BCUT2D eigenvalue weighted by atomic mass is 19.1. The number of likely N-dealkylation sites (tertiary alicyclic amines) is 1. The molecule has 166 valence electrons. The Bertz CT molecular complexity index is 1100. The number of hydrogen-bond acceptors (Lipinski definition) is 3. The quantitative estimate of drug-likeness (QED) is 0.622. The average molecular weight is 433 g/mol. The van der Waals surface area contributed by atoms with Crippen molar-refractivity contribution in [2.75, 3.05) is 19.6 Å². The van der Waals surface area contributed by atoms with Crippen molar-refractivity contribution in [1.29, 1.82) is 0 Å². The van der Waals surface area contributed by atoms with Gasteiger partial charge in [0.05, 0.1) is 11.7 Å². The van der Waals surface area contributed by atoms with Crippen LogP contribution in [0.4, 0.5) is 4.39 Å². The lowest BCUT2D eigenvalue weighted by Gasteiger charge is -2.39. The van der Waals surface area contributed by atoms with Crippen molar-refractivity contribution in [1.82, 2.24) is 10.2 Å². The van der Waals surface area contributed by atoms with Gasteiger partial charge in [0.2, 0.25) is 0 Å². The maximum absolute atomic E-state index is 13.3. The summed E-state index contributed by atoms with van der Waals surface area (Å²) in [4.78, 5) is 14.8. The average Bonchev–Trinajstić information content (AvgIpc) is 3.22. The predicted molar refractivity (Wildman–Crippen MR) is 124 cm³/mol. The van der Waals surface area contributed by atoms with Gasteiger partial charge >= 0.3 is 0 Å². The van der Waals surface area contributed by atoms with Gasteiger partial charge in [0, 0.05) is 31.7 Å². The number of ether oxygens (including phenoxy) is 1. The molecule has 4 nitrogen and oxygen atoms in total. The Morgan fingerprint density at radius 1 is 1.03 bits per heavy atom. The molecule has 2 saturated heterocycles. The maximum atomic E-state index is 13.3. The molecule has 0 aromatic heterocycles. The molecule has 1 N–H and O–H groups in total. The number of nitrogens with one attached hydrogen (secondary N) is 1. The first-order valence-corrected chi connectivity index (χ1v) is 11.5. The molecule has 0 radical (unpaired) electrons. The number of benzene rings is 3. The molecule has 0 aliphatic carbocycles. The van der Waals surface area contributed by atoms with Gasteiger partial charge in [0.1, 0.15) is 5.82 Å². The number of carbonyl (C=O) groups excluding carboxylic acids is 1. The SMILES string of the molecule is O=C(NCC1CCC2(CCN(Cc3cccc4ccccc34)CC2)O1)c1cccc(F)c1. The fourth-order valence-electron chi connectivity index (χ4n) is 5.14. The summed E-state index contributed by atoms with van der Waals surface area (Å²) >= 11 is 0. The Balaban J connectivity index is 1.13. The molecule has 1 unspecified atom stereocenters. The maximum Gasteiger partial charge on any atom is 0.251 e. The van der Waals surface area contributed by atoms with Gasteiger partial charge in [-0.3, -0.25) is 9.69 Å². The Hall–Kier alpha value is -2.76. The predicted octanol–water partition coefficient (Wildman–Crippen LogP) is 4.92. The van der Waals surface area contributed by atoms with Crippen LogP contribution < -0.4 is 5.32 Å². The summed E-state index contributed by atoms with van der Waals surface area (Å²) in [6.45, 7) is 3.47. The largest absolute Gasteiger partial charge is 0.370 e. The van der Waals surface area contributed by atoms with Crippen molar-refractivity contribution in [2.45, 2.75) is 43.9 Å². The van der Waals surface area contributed by atoms with E-state index in [0.717, 1.165) is 45.3 Å². The standard InChI is InChI=1S/C27H29FN2O2/c28-23-9-4-7-21(17-23)26(31)29-18-24-11-12-27(32-24)13-15-30(16-14-27)19-22-8-3-6-20-5-1-2-10-25(20)22/h1-10,17,24H,11-16,18-19H2,(H,29,31). The lowest BCUT2D eigenvalue weighted by Crippen LogP contribution is -2.44. The van der Waals surface area contributed by atoms with Crippen LogP contribution >= 0.6 is 0 Å². The van der Waals surface area contributed by atoms with Crippen molar-refractivity contribution >= 4 is 16.7 Å². The van der Waals surface area contributed by atoms with Crippen LogP contribution in [-0.4, -0.2) is 42.1 Å². The molecule has 32 heavy (non-hydrogen) atoms. The van der Waals surface area contributed by atoms with Crippen LogP contribution in [-0.2, 0) is 11.3 Å². The monoisotopic (exact) mass is 432 g/mol. The molecule has 3 aromatic rings. The summed E-state index contributed by atoms with van der Waals surface area (Å²) in [7, 11) is 0. The van der Waals surface area contributed by atoms with Gasteiger partial charge in [0.25, 0.3) is 5.91 Å². The third-order valence-electron chi connectivity index (χ3n) is 6.96. The van der Waals surface area contributed by atoms with Crippen LogP contribution in [0.1, 0.15) is 41.6 Å². The van der Waals surface area contributed by atoms with Gasteiger partial charge in [-0.2, -0.15) is 0 Å². The molecule has 2 aliphatic heterocycles. The number of fused-ring (bicyclic) bond motifs is 1. The normalized spacial score (nSPS) is 20.6. The number of carbonyl (C=O) groups is 1. The molecule has 2 aliphatic rings. The van der Waals surface area contributed by atoms with E-state index in [1.807, 2.05) is 0 Å². The van der Waals surface area contributed by atoms with Crippen molar-refractivity contribution in [3.05, 3.63) is 83.7 Å². The summed E-state index contributed by atoms with van der Waals surface area (Å²) in [6, 6.07) is 20.9. The number of halogens is 1. The molecule has 2 fully saturated rings. The Kier molecular flexibility index (Phi) is 5.94. The minimum Gasteiger partial charge on any atom is -0.370 e. The number of nitrogens with zero attached hydrogens (tertiary/aromatic N) is 1. The van der Waals surface area contributed by atoms with E-state index in [1.165, 1.54) is 28.5 Å². The number of piperidine rings is 1. The highest BCUT2D eigenvalue weighted by Crippen LogP contribution is 2.39. The first kappa shape index (κ1) is 21.1. The topological polar surface area (TPSA) is 41.6 Å². The summed E-state index contributed by atoms with van der Waals surface area (Å²) < 4.78 is 19.8. The zero-order valence-electron chi connectivity index (χ0n) is 18.2. The number of hydrogen-bond donors (Lipinski definition) is 1. The van der Waals surface area contributed by atoms with E-state index in [9.17, 15) is 9.18 Å². The zero-order valence-corrected chi connectivity index (χ0v) is 18.2. The second kappa shape index (κ2) is 9.00. The van der Waals surface area contributed by atoms with Gasteiger partial charge in [0.15, 0.2) is 0 Å². The second-order valence-electron chi connectivity index (χ2n) is 9.10. The van der Waals surface area contributed by atoms with Gasteiger partial charge in [-0.15, -0.1) is 0 Å². The molecular formula is C27H29FN2O2. The molecule has 1 spiro atoms. The molecule has 5 heteroatoms. The molecule has 5 rings (SSSR count). The summed E-state index contributed by atoms with van der Waals surface area (Å²) in [6.07, 6.45) is 4.05. The fourth-order valence-corrected chi connectivity index (χ4v) is 5.14. The van der Waals surface area contributed by atoms with Crippen LogP contribution in [0.5, 0.6) is 0 Å². The van der Waals surface area contributed by atoms with Gasteiger partial charge in [-0.1, -0.05) is 48.5 Å². The van der Waals surface area contributed by atoms with Crippen LogP contribution in [0.3, 0.4) is 0 Å². The van der Waals surface area contributed by atoms with Crippen LogP contribution in [0, 0.1) is 5.82 Å². The number of amides is 1. The van der Waals surface area contributed by atoms with Crippen LogP contribution in [0.2, 0.25) is 0 Å². The minimum atomic E-state index is -0.399. The molecular weight excluding hydrogens is 403 g/mol. The fraction of sp³-hybridized carbons (Fsp3) is 0.370. The molecule has 1 atom stereocenters. The van der Waals surface area contributed by atoms with E-state index in [2.05, 4.69) is 52.7 Å². The van der Waals surface area contributed by atoms with E-state index in [4.69, 9.17) is 4.74 Å². The molecule has 1 amide bonds. The summed E-state index contributed by atoms with van der Waals surface area (Å²) in [5.74, 6) is -0.650. The zero-order chi connectivity index (χ0) is 22.0. The van der Waals surface area contributed by atoms with Crippen molar-refractivity contribution in [3.8, 4) is 0 Å². The molecule has 0 bridgehead atoms. The molecule has 2 heterocycles. The van der Waals surface area contributed by atoms with E-state index in [1.54, 1.807) is 12.1 Å². The highest BCUT2D eigenvalue weighted by molar-refractivity contribution is 5.94. The van der Waals surface area contributed by atoms with Gasteiger partial charge in [-0.25, -0.2) is 4.39 Å². The number of rotatable bonds is 5. The van der Waals surface area contributed by atoms with Crippen LogP contribution in [0.25, 0.3) is 10.8 Å². The summed E-state index contributed by atoms with van der Waals surface area (Å²) in [5, 5.41) is 5.53. The van der Waals surface area contributed by atoms with Crippen molar-refractivity contribution in [3.63, 3.8) is 0 Å². The first-order valence-electron chi connectivity index (χ1n) is 11.5. The van der Waals surface area contributed by atoms with Crippen molar-refractivity contribution in [2.24, 2.45) is 0 Å². The third kappa shape index (κ3) is 4.54. The van der Waals surface area contributed by atoms with Crippen LogP contribution in [0.15, 0.2) is 66.7 Å². The lowest BCUT2D eigenvalue weighted by atomic mass is 9.88. The smallest absolute Gasteiger partial charge is 0.251 e. The molecule has 3 aromatic carbocycles. The Morgan fingerprint density at radius 3 is 2.66 bits per heavy atom. The Labute approximate surface area is 188 Å². The Morgan fingerprint density at radius 2 is 1.81 bits per heavy atom. The van der Waals surface area contributed by atoms with E-state index in [0.29, 0.717) is 12.1 Å². The van der Waals surface area contributed by atoms with Gasteiger partial charge < -0.3 is 10.1 Å². The van der Waals surface area contributed by atoms with E-state index < -0.39 is 5.82 Å².